The van der Waals surface area contributed by atoms with Crippen LogP contribution in [0.15, 0.2) is 51.1 Å². The number of rotatable bonds is 6. The number of thiophene rings is 1. The van der Waals surface area contributed by atoms with Gasteiger partial charge in [-0.2, -0.15) is 0 Å². The molecule has 0 radical (unpaired) electrons. The van der Waals surface area contributed by atoms with Crippen molar-refractivity contribution in [3.63, 3.8) is 0 Å². The molecule has 0 bridgehead atoms. The van der Waals surface area contributed by atoms with Gasteiger partial charge in [-0.3, -0.25) is 0 Å². The zero-order chi connectivity index (χ0) is 19.6. The second kappa shape index (κ2) is 7.59. The summed E-state index contributed by atoms with van der Waals surface area (Å²) in [5, 5.41) is 9.74. The Kier molecular flexibility index (Phi) is 5.40. The van der Waals surface area contributed by atoms with Gasteiger partial charge in [0.15, 0.2) is 6.10 Å². The predicted molar refractivity (Wildman–Crippen MR) is 98.8 cm³/mol. The monoisotopic (exact) mass is 407 g/mol. The lowest BCUT2D eigenvalue weighted by Gasteiger charge is -2.13. The summed E-state index contributed by atoms with van der Waals surface area (Å²) in [5.74, 6) is -0.181. The lowest BCUT2D eigenvalue weighted by atomic mass is 10.2. The molecule has 3 aromatic rings. The van der Waals surface area contributed by atoms with Gasteiger partial charge in [0.2, 0.25) is 10.0 Å². The number of esters is 1. The van der Waals surface area contributed by atoms with Crippen molar-refractivity contribution in [1.29, 1.82) is 0 Å². The number of aromatic nitrogens is 2. The van der Waals surface area contributed by atoms with Gasteiger partial charge in [-0.1, -0.05) is 12.1 Å². The van der Waals surface area contributed by atoms with Crippen LogP contribution in [-0.4, -0.2) is 43.0 Å². The van der Waals surface area contributed by atoms with Gasteiger partial charge in [-0.25, -0.2) is 17.5 Å². The van der Waals surface area contributed by atoms with E-state index in [0.717, 1.165) is 9.18 Å². The minimum atomic E-state index is -3.65. The molecular formula is C17H17N3O5S2. The molecule has 0 saturated carbocycles. The Hall–Kier alpha value is -2.56. The molecule has 0 aliphatic heterocycles. The van der Waals surface area contributed by atoms with Crippen LogP contribution in [-0.2, 0) is 14.8 Å². The second-order valence-corrected chi connectivity index (χ2v) is 8.89. The highest BCUT2D eigenvalue weighted by atomic mass is 32.2. The molecule has 0 saturated heterocycles. The van der Waals surface area contributed by atoms with Gasteiger partial charge in [0.05, 0.1) is 15.3 Å². The minimum absolute atomic E-state index is 0.00683. The summed E-state index contributed by atoms with van der Waals surface area (Å²) in [5.41, 5.74) is 0.114. The first-order valence-electron chi connectivity index (χ1n) is 7.90. The maximum absolute atomic E-state index is 12.4. The van der Waals surface area contributed by atoms with Crippen LogP contribution in [0.4, 0.5) is 0 Å². The highest BCUT2D eigenvalue weighted by molar-refractivity contribution is 7.89. The fraction of sp³-hybridized carbons (Fsp3) is 0.235. The van der Waals surface area contributed by atoms with Crippen LogP contribution in [0.2, 0.25) is 0 Å². The first-order chi connectivity index (χ1) is 12.8. The van der Waals surface area contributed by atoms with Crippen LogP contribution in [0.5, 0.6) is 0 Å². The van der Waals surface area contributed by atoms with Gasteiger partial charge < -0.3 is 9.15 Å². The number of hydrogen-bond donors (Lipinski definition) is 0. The lowest BCUT2D eigenvalue weighted by molar-refractivity contribution is 0.0279. The Bertz CT molecular complexity index is 1040. The number of sulfonamides is 1. The third-order valence-electron chi connectivity index (χ3n) is 3.65. The summed E-state index contributed by atoms with van der Waals surface area (Å²) < 4.78 is 36.4. The number of carbonyl (C=O) groups excluding carboxylic acids is 1. The van der Waals surface area contributed by atoms with Crippen LogP contribution < -0.4 is 0 Å². The summed E-state index contributed by atoms with van der Waals surface area (Å²) >= 11 is 1.45. The summed E-state index contributed by atoms with van der Waals surface area (Å²) in [6.45, 7) is 1.60. The Morgan fingerprint density at radius 3 is 2.67 bits per heavy atom. The van der Waals surface area contributed by atoms with Crippen molar-refractivity contribution in [2.45, 2.75) is 17.9 Å². The standard InChI is InChI=1S/C17H17N3O5S2/c1-11(15-18-19-16(25-15)14-8-5-9-26-14)24-17(21)12-6-4-7-13(10-12)27(22,23)20(2)3/h4-11H,1-3H3/t11-/m0/s1. The van der Waals surface area contributed by atoms with Gasteiger partial charge in [-0.15, -0.1) is 21.5 Å². The summed E-state index contributed by atoms with van der Waals surface area (Å²) in [6, 6.07) is 9.36. The van der Waals surface area contributed by atoms with Crippen LogP contribution >= 0.6 is 11.3 Å². The molecule has 0 amide bonds. The summed E-state index contributed by atoms with van der Waals surface area (Å²) in [7, 11) is -0.810. The topological polar surface area (TPSA) is 103 Å². The Balaban J connectivity index is 1.76. The van der Waals surface area contributed by atoms with E-state index in [1.165, 1.54) is 49.7 Å². The first kappa shape index (κ1) is 19.2. The second-order valence-electron chi connectivity index (χ2n) is 5.79. The fourth-order valence-corrected chi connectivity index (χ4v) is 3.76. The van der Waals surface area contributed by atoms with Gasteiger partial charge in [0.1, 0.15) is 0 Å². The molecule has 0 spiro atoms. The maximum atomic E-state index is 12.4. The summed E-state index contributed by atoms with van der Waals surface area (Å²) in [6.07, 6.45) is -0.784. The van der Waals surface area contributed by atoms with Crippen LogP contribution in [0.3, 0.4) is 0 Å². The van der Waals surface area contributed by atoms with Crippen molar-refractivity contribution >= 4 is 27.3 Å². The molecule has 2 aromatic heterocycles. The molecule has 8 nitrogen and oxygen atoms in total. The number of benzene rings is 1. The van der Waals surface area contributed by atoms with E-state index in [2.05, 4.69) is 10.2 Å². The average molecular weight is 407 g/mol. The molecule has 0 N–H and O–H groups in total. The normalized spacial score (nSPS) is 12.9. The maximum Gasteiger partial charge on any atom is 0.338 e. The van der Waals surface area contributed by atoms with Crippen molar-refractivity contribution < 1.29 is 22.4 Å². The summed E-state index contributed by atoms with van der Waals surface area (Å²) in [4.78, 5) is 13.2. The predicted octanol–water partition coefficient (Wildman–Crippen LogP) is 2.97. The molecule has 10 heteroatoms. The van der Waals surface area contributed by atoms with Gasteiger partial charge in [-0.05, 0) is 36.6 Å². The molecule has 1 aromatic carbocycles. The zero-order valence-corrected chi connectivity index (χ0v) is 16.5. The molecule has 27 heavy (non-hydrogen) atoms. The van der Waals surface area contributed by atoms with E-state index in [4.69, 9.17) is 9.15 Å². The van der Waals surface area contributed by atoms with E-state index in [1.807, 2.05) is 17.5 Å². The number of hydrogen-bond acceptors (Lipinski definition) is 8. The van der Waals surface area contributed by atoms with E-state index >= 15 is 0 Å². The Labute approximate surface area is 160 Å². The van der Waals surface area contributed by atoms with Crippen LogP contribution in [0, 0.1) is 0 Å². The quantitative estimate of drug-likeness (QED) is 0.579. The zero-order valence-electron chi connectivity index (χ0n) is 14.8. The largest absolute Gasteiger partial charge is 0.449 e. The fourth-order valence-electron chi connectivity index (χ4n) is 2.17. The van der Waals surface area contributed by atoms with E-state index < -0.39 is 22.1 Å². The van der Waals surface area contributed by atoms with Crippen molar-refractivity contribution in [2.24, 2.45) is 0 Å². The molecular weight excluding hydrogens is 390 g/mol. The molecule has 0 unspecified atom stereocenters. The number of carbonyl (C=O) groups is 1. The molecule has 3 rings (SSSR count). The molecule has 0 fully saturated rings. The van der Waals surface area contributed by atoms with E-state index in [0.29, 0.717) is 5.89 Å². The van der Waals surface area contributed by atoms with E-state index in [1.54, 1.807) is 6.92 Å². The van der Waals surface area contributed by atoms with Crippen LogP contribution in [0.25, 0.3) is 10.8 Å². The van der Waals surface area contributed by atoms with Gasteiger partial charge in [0, 0.05) is 14.1 Å². The molecule has 142 valence electrons. The van der Waals surface area contributed by atoms with E-state index in [9.17, 15) is 13.2 Å². The highest BCUT2D eigenvalue weighted by Crippen LogP contribution is 2.26. The van der Waals surface area contributed by atoms with Crippen molar-refractivity contribution in [1.82, 2.24) is 14.5 Å². The van der Waals surface area contributed by atoms with Gasteiger partial charge >= 0.3 is 5.97 Å². The Morgan fingerprint density at radius 2 is 2.00 bits per heavy atom. The van der Waals surface area contributed by atoms with E-state index in [-0.39, 0.29) is 16.3 Å². The van der Waals surface area contributed by atoms with Crippen molar-refractivity contribution in [3.8, 4) is 10.8 Å². The third kappa shape index (κ3) is 4.07. The molecule has 2 heterocycles. The third-order valence-corrected chi connectivity index (χ3v) is 6.32. The number of ether oxygens (including phenoxy) is 1. The van der Waals surface area contributed by atoms with Crippen molar-refractivity contribution in [2.75, 3.05) is 14.1 Å². The van der Waals surface area contributed by atoms with Crippen LogP contribution in [0.1, 0.15) is 29.3 Å². The highest BCUT2D eigenvalue weighted by Gasteiger charge is 2.22. The molecule has 0 aliphatic carbocycles. The first-order valence-corrected chi connectivity index (χ1v) is 10.2. The minimum Gasteiger partial charge on any atom is -0.449 e. The number of nitrogens with zero attached hydrogens (tertiary/aromatic N) is 3. The molecule has 0 aliphatic rings. The SMILES string of the molecule is C[C@H](OC(=O)c1cccc(S(=O)(=O)N(C)C)c1)c1nnc(-c2cccs2)o1. The molecule has 1 atom stereocenters. The van der Waals surface area contributed by atoms with Gasteiger partial charge in [0.25, 0.3) is 11.8 Å². The lowest BCUT2D eigenvalue weighted by Crippen LogP contribution is -2.22. The smallest absolute Gasteiger partial charge is 0.338 e. The Morgan fingerprint density at radius 1 is 1.22 bits per heavy atom. The average Bonchev–Trinajstić information content (AvgIpc) is 3.33. The van der Waals surface area contributed by atoms with Crippen molar-refractivity contribution in [3.05, 3.63) is 53.2 Å².